The van der Waals surface area contributed by atoms with E-state index in [0.29, 0.717) is 13.1 Å². The standard InChI is InChI=1S/C18H22FNO2/c19-16-7-5-13(6-8-16)17(21)14-9-11-20(12-10-14)18(22)15-3-1-2-4-15/h3,5-8,14,17,21H,1-2,4,9-12H2. The van der Waals surface area contributed by atoms with Gasteiger partial charge in [0.05, 0.1) is 6.10 Å². The van der Waals surface area contributed by atoms with Gasteiger partial charge in [0.15, 0.2) is 0 Å². The van der Waals surface area contributed by atoms with E-state index in [9.17, 15) is 14.3 Å². The fourth-order valence-electron chi connectivity index (χ4n) is 3.42. The Bertz CT molecular complexity index is 559. The predicted molar refractivity (Wildman–Crippen MR) is 82.6 cm³/mol. The zero-order chi connectivity index (χ0) is 15.5. The third kappa shape index (κ3) is 3.22. The molecule has 1 aliphatic heterocycles. The molecule has 2 aliphatic rings. The molecule has 0 aromatic heterocycles. The Morgan fingerprint density at radius 1 is 1.23 bits per heavy atom. The van der Waals surface area contributed by atoms with Crippen LogP contribution < -0.4 is 0 Å². The highest BCUT2D eigenvalue weighted by Gasteiger charge is 2.29. The Labute approximate surface area is 130 Å². The minimum atomic E-state index is -0.580. The van der Waals surface area contributed by atoms with E-state index in [2.05, 4.69) is 6.08 Å². The first-order chi connectivity index (χ1) is 10.6. The summed E-state index contributed by atoms with van der Waals surface area (Å²) in [6.45, 7) is 1.39. The van der Waals surface area contributed by atoms with E-state index in [-0.39, 0.29) is 17.6 Å². The number of carbonyl (C=O) groups is 1. The second-order valence-electron chi connectivity index (χ2n) is 6.25. The Kier molecular flexibility index (Phi) is 4.57. The van der Waals surface area contributed by atoms with Crippen molar-refractivity contribution in [1.82, 2.24) is 4.90 Å². The van der Waals surface area contributed by atoms with Gasteiger partial charge in [-0.25, -0.2) is 4.39 Å². The summed E-state index contributed by atoms with van der Waals surface area (Å²) in [5.41, 5.74) is 1.71. The number of aliphatic hydroxyl groups is 1. The predicted octanol–water partition coefficient (Wildman–Crippen LogP) is 3.21. The normalized spacial score (nSPS) is 20.8. The lowest BCUT2D eigenvalue weighted by atomic mass is 9.87. The Morgan fingerprint density at radius 2 is 1.91 bits per heavy atom. The van der Waals surface area contributed by atoms with Crippen LogP contribution in [0.2, 0.25) is 0 Å². The Balaban J connectivity index is 1.57. The van der Waals surface area contributed by atoms with Gasteiger partial charge in [-0.3, -0.25) is 4.79 Å². The van der Waals surface area contributed by atoms with Crippen molar-refractivity contribution in [2.75, 3.05) is 13.1 Å². The molecule has 1 aromatic carbocycles. The van der Waals surface area contributed by atoms with Gasteiger partial charge in [0.25, 0.3) is 0 Å². The van der Waals surface area contributed by atoms with E-state index in [1.165, 1.54) is 12.1 Å². The maximum atomic E-state index is 12.9. The van der Waals surface area contributed by atoms with Gasteiger partial charge in [-0.15, -0.1) is 0 Å². The van der Waals surface area contributed by atoms with Gasteiger partial charge >= 0.3 is 0 Å². The number of amides is 1. The number of hydrogen-bond acceptors (Lipinski definition) is 2. The number of piperidine rings is 1. The minimum absolute atomic E-state index is 0.132. The molecule has 0 saturated carbocycles. The van der Waals surface area contributed by atoms with Crippen molar-refractivity contribution in [3.8, 4) is 0 Å². The Hall–Kier alpha value is -1.68. The number of rotatable bonds is 3. The van der Waals surface area contributed by atoms with Crippen LogP contribution in [0, 0.1) is 11.7 Å². The molecular formula is C18H22FNO2. The van der Waals surface area contributed by atoms with Gasteiger partial charge < -0.3 is 10.0 Å². The van der Waals surface area contributed by atoms with Crippen molar-refractivity contribution in [2.45, 2.75) is 38.2 Å². The second-order valence-corrected chi connectivity index (χ2v) is 6.25. The summed E-state index contributed by atoms with van der Waals surface area (Å²) in [6, 6.07) is 6.04. The largest absolute Gasteiger partial charge is 0.388 e. The molecule has 0 bridgehead atoms. The van der Waals surface area contributed by atoms with Crippen LogP contribution in [-0.2, 0) is 4.79 Å². The fourth-order valence-corrected chi connectivity index (χ4v) is 3.42. The van der Waals surface area contributed by atoms with Crippen LogP contribution in [0.4, 0.5) is 4.39 Å². The SMILES string of the molecule is O=C(C1=CCCC1)N1CCC(C(O)c2ccc(F)cc2)CC1. The third-order valence-corrected chi connectivity index (χ3v) is 4.80. The second kappa shape index (κ2) is 6.61. The van der Waals surface area contributed by atoms with E-state index in [4.69, 9.17) is 0 Å². The van der Waals surface area contributed by atoms with Crippen LogP contribution in [0.25, 0.3) is 0 Å². The van der Waals surface area contributed by atoms with Crippen LogP contribution in [-0.4, -0.2) is 29.0 Å². The Morgan fingerprint density at radius 3 is 2.50 bits per heavy atom. The van der Waals surface area contributed by atoms with Crippen LogP contribution >= 0.6 is 0 Å². The zero-order valence-corrected chi connectivity index (χ0v) is 12.7. The summed E-state index contributed by atoms with van der Waals surface area (Å²) in [7, 11) is 0. The molecule has 118 valence electrons. The average Bonchev–Trinajstić information content (AvgIpc) is 3.09. The third-order valence-electron chi connectivity index (χ3n) is 4.80. The molecule has 22 heavy (non-hydrogen) atoms. The van der Waals surface area contributed by atoms with Gasteiger partial charge in [-0.2, -0.15) is 0 Å². The summed E-state index contributed by atoms with van der Waals surface area (Å²) in [5, 5.41) is 10.4. The van der Waals surface area contributed by atoms with Crippen molar-refractivity contribution in [2.24, 2.45) is 5.92 Å². The molecule has 1 heterocycles. The number of aliphatic hydroxyl groups excluding tert-OH is 1. The van der Waals surface area contributed by atoms with Crippen molar-refractivity contribution >= 4 is 5.91 Å². The van der Waals surface area contributed by atoms with Crippen molar-refractivity contribution < 1.29 is 14.3 Å². The van der Waals surface area contributed by atoms with E-state index in [1.54, 1.807) is 12.1 Å². The minimum Gasteiger partial charge on any atom is -0.388 e. The summed E-state index contributed by atoms with van der Waals surface area (Å²) in [6.07, 6.45) is 6.05. The van der Waals surface area contributed by atoms with Crippen LogP contribution in [0.1, 0.15) is 43.8 Å². The summed E-state index contributed by atoms with van der Waals surface area (Å²) >= 11 is 0. The van der Waals surface area contributed by atoms with E-state index in [1.807, 2.05) is 4.90 Å². The average molecular weight is 303 g/mol. The molecule has 1 aliphatic carbocycles. The topological polar surface area (TPSA) is 40.5 Å². The van der Waals surface area contributed by atoms with Crippen molar-refractivity contribution in [1.29, 1.82) is 0 Å². The maximum Gasteiger partial charge on any atom is 0.249 e. The van der Waals surface area contributed by atoms with Crippen molar-refractivity contribution in [3.05, 3.63) is 47.3 Å². The molecule has 1 unspecified atom stereocenters. The molecule has 1 atom stereocenters. The lowest BCUT2D eigenvalue weighted by molar-refractivity contribution is -0.129. The molecule has 0 spiro atoms. The van der Waals surface area contributed by atoms with Gasteiger partial charge in [-0.05, 0) is 55.7 Å². The molecule has 1 amide bonds. The van der Waals surface area contributed by atoms with E-state index < -0.39 is 6.10 Å². The first-order valence-electron chi connectivity index (χ1n) is 8.07. The molecule has 3 rings (SSSR count). The summed E-state index contributed by atoms with van der Waals surface area (Å²) < 4.78 is 12.9. The first-order valence-corrected chi connectivity index (χ1v) is 8.07. The van der Waals surface area contributed by atoms with Crippen LogP contribution in [0.15, 0.2) is 35.9 Å². The quantitative estimate of drug-likeness (QED) is 0.931. The summed E-state index contributed by atoms with van der Waals surface area (Å²) in [4.78, 5) is 14.2. The van der Waals surface area contributed by atoms with E-state index in [0.717, 1.165) is 43.2 Å². The van der Waals surface area contributed by atoms with Gasteiger partial charge in [0.2, 0.25) is 5.91 Å². The molecule has 1 aromatic rings. The van der Waals surface area contributed by atoms with Gasteiger partial charge in [0.1, 0.15) is 5.82 Å². The molecular weight excluding hydrogens is 281 g/mol. The monoisotopic (exact) mass is 303 g/mol. The zero-order valence-electron chi connectivity index (χ0n) is 12.7. The highest BCUT2D eigenvalue weighted by molar-refractivity contribution is 5.93. The number of allylic oxidation sites excluding steroid dienone is 1. The maximum absolute atomic E-state index is 12.9. The number of likely N-dealkylation sites (tertiary alicyclic amines) is 1. The number of halogens is 1. The van der Waals surface area contributed by atoms with Crippen LogP contribution in [0.5, 0.6) is 0 Å². The fraction of sp³-hybridized carbons (Fsp3) is 0.500. The number of carbonyl (C=O) groups excluding carboxylic acids is 1. The highest BCUT2D eigenvalue weighted by Crippen LogP contribution is 2.32. The first kappa shape index (κ1) is 15.2. The van der Waals surface area contributed by atoms with Gasteiger partial charge in [0, 0.05) is 18.7 Å². The number of hydrogen-bond donors (Lipinski definition) is 1. The lowest BCUT2D eigenvalue weighted by Gasteiger charge is -2.34. The lowest BCUT2D eigenvalue weighted by Crippen LogP contribution is -2.40. The smallest absolute Gasteiger partial charge is 0.249 e. The van der Waals surface area contributed by atoms with E-state index >= 15 is 0 Å². The van der Waals surface area contributed by atoms with Crippen LogP contribution in [0.3, 0.4) is 0 Å². The molecule has 3 nitrogen and oxygen atoms in total. The molecule has 0 radical (unpaired) electrons. The van der Waals surface area contributed by atoms with Gasteiger partial charge in [-0.1, -0.05) is 18.2 Å². The highest BCUT2D eigenvalue weighted by atomic mass is 19.1. The molecule has 1 N–H and O–H groups in total. The van der Waals surface area contributed by atoms with Crippen molar-refractivity contribution in [3.63, 3.8) is 0 Å². The number of benzene rings is 1. The summed E-state index contributed by atoms with van der Waals surface area (Å²) in [5.74, 6) is 0.0143. The molecule has 1 fully saturated rings. The molecule has 1 saturated heterocycles. The number of nitrogens with zero attached hydrogens (tertiary/aromatic N) is 1. The molecule has 4 heteroatoms.